The van der Waals surface area contributed by atoms with Gasteiger partial charge in [0.05, 0.1) is 6.54 Å². The summed E-state index contributed by atoms with van der Waals surface area (Å²) in [6.07, 6.45) is 5.42. The molecule has 1 aliphatic carbocycles. The molecule has 6 heteroatoms. The molecule has 0 saturated heterocycles. The second-order valence-corrected chi connectivity index (χ2v) is 5.14. The van der Waals surface area contributed by atoms with Gasteiger partial charge in [0.25, 0.3) is 0 Å². The molecule has 2 amide bonds. The van der Waals surface area contributed by atoms with E-state index in [0.29, 0.717) is 0 Å². The third-order valence-electron chi connectivity index (χ3n) is 3.49. The lowest BCUT2D eigenvalue weighted by Crippen LogP contribution is -2.51. The summed E-state index contributed by atoms with van der Waals surface area (Å²) < 4.78 is 0. The fourth-order valence-corrected chi connectivity index (χ4v) is 2.08. The lowest BCUT2D eigenvalue weighted by atomic mass is 9.95. The lowest BCUT2D eigenvalue weighted by molar-refractivity contribution is -0.155. The maximum Gasteiger partial charge on any atom is 0.337 e. The highest BCUT2D eigenvalue weighted by atomic mass is 16.4. The van der Waals surface area contributed by atoms with E-state index in [9.17, 15) is 14.7 Å². The molecule has 0 bridgehead atoms. The minimum atomic E-state index is -1.93. The number of aliphatic hydroxyl groups is 1. The van der Waals surface area contributed by atoms with Crippen LogP contribution in [0.1, 0.15) is 39.0 Å². The van der Waals surface area contributed by atoms with E-state index < -0.39 is 11.6 Å². The summed E-state index contributed by atoms with van der Waals surface area (Å²) in [6, 6.07) is -0.114. The van der Waals surface area contributed by atoms with Gasteiger partial charge < -0.3 is 20.4 Å². The maximum absolute atomic E-state index is 11.8. The van der Waals surface area contributed by atoms with E-state index in [2.05, 4.69) is 5.32 Å². The Morgan fingerprint density at radius 3 is 2.39 bits per heavy atom. The van der Waals surface area contributed by atoms with E-state index in [0.717, 1.165) is 32.6 Å². The number of carboxylic acids is 1. The Morgan fingerprint density at radius 2 is 1.89 bits per heavy atom. The van der Waals surface area contributed by atoms with Crippen molar-refractivity contribution in [1.82, 2.24) is 10.2 Å². The minimum absolute atomic E-state index is 0.216. The highest BCUT2D eigenvalue weighted by Crippen LogP contribution is 2.21. The Balaban J connectivity index is 2.42. The average Bonchev–Trinajstić information content (AvgIpc) is 2.36. The van der Waals surface area contributed by atoms with Crippen molar-refractivity contribution in [3.63, 3.8) is 0 Å². The highest BCUT2D eigenvalue weighted by molar-refractivity contribution is 5.79. The second kappa shape index (κ2) is 6.04. The van der Waals surface area contributed by atoms with Crippen LogP contribution in [0.3, 0.4) is 0 Å². The SMILES string of the molecule is CN(C(=O)NCC(C)(O)C(=O)O)C1CCCCC1. The summed E-state index contributed by atoms with van der Waals surface area (Å²) in [4.78, 5) is 24.1. The Hall–Kier alpha value is -1.30. The predicted molar refractivity (Wildman–Crippen MR) is 66.3 cm³/mol. The van der Waals surface area contributed by atoms with Crippen molar-refractivity contribution in [1.29, 1.82) is 0 Å². The maximum atomic E-state index is 11.8. The average molecular weight is 258 g/mol. The van der Waals surface area contributed by atoms with E-state index in [1.165, 1.54) is 6.42 Å². The molecule has 1 fully saturated rings. The number of urea groups is 1. The zero-order chi connectivity index (χ0) is 13.8. The molecule has 0 aromatic heterocycles. The zero-order valence-corrected chi connectivity index (χ0v) is 11.0. The number of aliphatic carboxylic acids is 1. The van der Waals surface area contributed by atoms with Crippen LogP contribution in [0.4, 0.5) is 4.79 Å². The van der Waals surface area contributed by atoms with Crippen LogP contribution in [0.15, 0.2) is 0 Å². The topological polar surface area (TPSA) is 89.9 Å². The van der Waals surface area contributed by atoms with Crippen LogP contribution >= 0.6 is 0 Å². The van der Waals surface area contributed by atoms with Gasteiger partial charge in [-0.05, 0) is 19.8 Å². The molecule has 104 valence electrons. The molecule has 0 aromatic carbocycles. The van der Waals surface area contributed by atoms with Crippen LogP contribution in [0.5, 0.6) is 0 Å². The van der Waals surface area contributed by atoms with Crippen molar-refractivity contribution in [3.8, 4) is 0 Å². The third-order valence-corrected chi connectivity index (χ3v) is 3.49. The molecule has 0 heterocycles. The summed E-state index contributed by atoms with van der Waals surface area (Å²) in [6.45, 7) is 0.869. The van der Waals surface area contributed by atoms with Crippen LogP contribution in [0.25, 0.3) is 0 Å². The number of carboxylic acid groups (broad SMARTS) is 1. The van der Waals surface area contributed by atoms with Gasteiger partial charge in [-0.1, -0.05) is 19.3 Å². The van der Waals surface area contributed by atoms with Crippen LogP contribution in [0, 0.1) is 0 Å². The Kier molecular flexibility index (Phi) is 4.95. The molecule has 0 aromatic rings. The van der Waals surface area contributed by atoms with E-state index in [1.54, 1.807) is 11.9 Å². The molecule has 18 heavy (non-hydrogen) atoms. The van der Waals surface area contributed by atoms with Gasteiger partial charge in [0, 0.05) is 13.1 Å². The number of nitrogens with zero attached hydrogens (tertiary/aromatic N) is 1. The number of carbonyl (C=O) groups excluding carboxylic acids is 1. The van der Waals surface area contributed by atoms with E-state index >= 15 is 0 Å². The van der Waals surface area contributed by atoms with Gasteiger partial charge in [-0.15, -0.1) is 0 Å². The monoisotopic (exact) mass is 258 g/mol. The highest BCUT2D eigenvalue weighted by Gasteiger charge is 2.31. The number of carbonyl (C=O) groups is 2. The second-order valence-electron chi connectivity index (χ2n) is 5.14. The zero-order valence-electron chi connectivity index (χ0n) is 11.0. The predicted octanol–water partition coefficient (Wildman–Crippen LogP) is 0.796. The number of amides is 2. The minimum Gasteiger partial charge on any atom is -0.479 e. The van der Waals surface area contributed by atoms with Crippen molar-refractivity contribution in [2.45, 2.75) is 50.7 Å². The Morgan fingerprint density at radius 1 is 1.33 bits per heavy atom. The number of rotatable bonds is 4. The summed E-state index contributed by atoms with van der Waals surface area (Å²) >= 11 is 0. The smallest absolute Gasteiger partial charge is 0.337 e. The van der Waals surface area contributed by atoms with Crippen molar-refractivity contribution in [2.75, 3.05) is 13.6 Å². The Labute approximate surface area is 107 Å². The molecule has 0 spiro atoms. The molecule has 3 N–H and O–H groups in total. The largest absolute Gasteiger partial charge is 0.479 e. The van der Waals surface area contributed by atoms with Gasteiger partial charge in [0.15, 0.2) is 5.60 Å². The van der Waals surface area contributed by atoms with Gasteiger partial charge in [-0.25, -0.2) is 9.59 Å². The van der Waals surface area contributed by atoms with Crippen LogP contribution < -0.4 is 5.32 Å². The van der Waals surface area contributed by atoms with Crippen LogP contribution in [0.2, 0.25) is 0 Å². The fourth-order valence-electron chi connectivity index (χ4n) is 2.08. The van der Waals surface area contributed by atoms with Gasteiger partial charge >= 0.3 is 12.0 Å². The van der Waals surface area contributed by atoms with Crippen molar-refractivity contribution < 1.29 is 19.8 Å². The normalized spacial score (nSPS) is 19.9. The van der Waals surface area contributed by atoms with Crippen molar-refractivity contribution >= 4 is 12.0 Å². The lowest BCUT2D eigenvalue weighted by Gasteiger charge is -2.32. The summed E-state index contributed by atoms with van der Waals surface area (Å²) in [5, 5.41) is 20.7. The van der Waals surface area contributed by atoms with Gasteiger partial charge in [0.2, 0.25) is 0 Å². The van der Waals surface area contributed by atoms with E-state index in [4.69, 9.17) is 5.11 Å². The first-order chi connectivity index (χ1) is 8.34. The number of nitrogens with one attached hydrogen (secondary N) is 1. The first-order valence-electron chi connectivity index (χ1n) is 6.31. The first-order valence-corrected chi connectivity index (χ1v) is 6.31. The van der Waals surface area contributed by atoms with Crippen LogP contribution in [-0.4, -0.2) is 52.3 Å². The molecule has 6 nitrogen and oxygen atoms in total. The molecule has 0 radical (unpaired) electrons. The third kappa shape index (κ3) is 3.87. The molecule has 1 aliphatic rings. The standard InChI is InChI=1S/C12H22N2O4/c1-12(18,10(15)16)8-13-11(17)14(2)9-6-4-3-5-7-9/h9,18H,3-8H2,1-2H3,(H,13,17)(H,15,16). The van der Waals surface area contributed by atoms with Gasteiger partial charge in [-0.3, -0.25) is 0 Å². The van der Waals surface area contributed by atoms with E-state index in [-0.39, 0.29) is 18.6 Å². The van der Waals surface area contributed by atoms with Crippen LogP contribution in [-0.2, 0) is 4.79 Å². The van der Waals surface area contributed by atoms with Crippen molar-refractivity contribution in [3.05, 3.63) is 0 Å². The first kappa shape index (κ1) is 14.8. The Bertz CT molecular complexity index is 311. The fraction of sp³-hybridized carbons (Fsp3) is 0.833. The molecule has 0 aliphatic heterocycles. The molecular weight excluding hydrogens is 236 g/mol. The molecule has 1 atom stereocenters. The molecule has 1 rings (SSSR count). The summed E-state index contributed by atoms with van der Waals surface area (Å²) in [5.74, 6) is -1.34. The van der Waals surface area contributed by atoms with Gasteiger partial charge in [-0.2, -0.15) is 0 Å². The number of hydrogen-bond donors (Lipinski definition) is 3. The molecule has 1 unspecified atom stereocenters. The molecular formula is C12H22N2O4. The number of hydrogen-bond acceptors (Lipinski definition) is 3. The van der Waals surface area contributed by atoms with Gasteiger partial charge in [0.1, 0.15) is 0 Å². The quantitative estimate of drug-likeness (QED) is 0.695. The van der Waals surface area contributed by atoms with Crippen molar-refractivity contribution in [2.24, 2.45) is 0 Å². The summed E-state index contributed by atoms with van der Waals surface area (Å²) in [7, 11) is 1.71. The molecule has 1 saturated carbocycles. The summed E-state index contributed by atoms with van der Waals surface area (Å²) in [5.41, 5.74) is -1.93. The van der Waals surface area contributed by atoms with E-state index in [1.807, 2.05) is 0 Å².